The molecule has 5 heteroatoms. The van der Waals surface area contributed by atoms with Gasteiger partial charge in [-0.15, -0.1) is 0 Å². The molecule has 2 rings (SSSR count). The van der Waals surface area contributed by atoms with Crippen LogP contribution in [0, 0.1) is 11.6 Å². The van der Waals surface area contributed by atoms with Gasteiger partial charge in [-0.25, -0.2) is 8.78 Å². The number of benzene rings is 1. The van der Waals surface area contributed by atoms with Gasteiger partial charge in [0, 0.05) is 24.1 Å². The number of carbonyl (C=O) groups is 1. The Hall–Kier alpha value is -1.49. The van der Waals surface area contributed by atoms with Gasteiger partial charge in [0.05, 0.1) is 0 Å². The first-order chi connectivity index (χ1) is 9.99. The quantitative estimate of drug-likeness (QED) is 0.900. The molecule has 0 amide bonds. The fourth-order valence-electron chi connectivity index (χ4n) is 3.15. The average molecular weight is 297 g/mol. The third-order valence-electron chi connectivity index (χ3n) is 4.27. The summed E-state index contributed by atoms with van der Waals surface area (Å²) in [5.41, 5.74) is 0.345. The van der Waals surface area contributed by atoms with Crippen molar-refractivity contribution < 1.29 is 18.7 Å². The summed E-state index contributed by atoms with van der Waals surface area (Å²) in [6.07, 6.45) is 3.63. The molecule has 0 saturated carbocycles. The van der Waals surface area contributed by atoms with Gasteiger partial charge >= 0.3 is 5.97 Å². The Morgan fingerprint density at radius 2 is 2.19 bits per heavy atom. The predicted molar refractivity (Wildman–Crippen MR) is 76.0 cm³/mol. The number of rotatable bonds is 5. The molecule has 2 unspecified atom stereocenters. The lowest BCUT2D eigenvalue weighted by Gasteiger charge is -2.40. The summed E-state index contributed by atoms with van der Waals surface area (Å²) >= 11 is 0. The molecule has 1 aromatic carbocycles. The predicted octanol–water partition coefficient (Wildman–Crippen LogP) is 3.75. The second-order valence-electron chi connectivity index (χ2n) is 5.66. The average Bonchev–Trinajstić information content (AvgIpc) is 2.47. The highest BCUT2D eigenvalue weighted by atomic mass is 19.1. The van der Waals surface area contributed by atoms with Crippen molar-refractivity contribution in [1.82, 2.24) is 4.90 Å². The second-order valence-corrected chi connectivity index (χ2v) is 5.66. The van der Waals surface area contributed by atoms with Crippen LogP contribution in [0.1, 0.15) is 50.6 Å². The number of piperidine rings is 1. The zero-order valence-electron chi connectivity index (χ0n) is 12.2. The van der Waals surface area contributed by atoms with E-state index in [4.69, 9.17) is 5.11 Å². The summed E-state index contributed by atoms with van der Waals surface area (Å²) in [6.45, 7) is 2.65. The molecule has 0 radical (unpaired) electrons. The summed E-state index contributed by atoms with van der Waals surface area (Å²) in [5.74, 6) is -1.67. The van der Waals surface area contributed by atoms with Crippen molar-refractivity contribution >= 4 is 5.97 Å². The number of hydrogen-bond donors (Lipinski definition) is 1. The van der Waals surface area contributed by atoms with E-state index in [2.05, 4.69) is 4.90 Å². The lowest BCUT2D eigenvalue weighted by Crippen LogP contribution is -2.41. The van der Waals surface area contributed by atoms with Crippen LogP contribution in [-0.4, -0.2) is 28.6 Å². The smallest absolute Gasteiger partial charge is 0.303 e. The molecule has 0 spiro atoms. The van der Waals surface area contributed by atoms with E-state index in [0.717, 1.165) is 37.9 Å². The van der Waals surface area contributed by atoms with Gasteiger partial charge in [0.15, 0.2) is 0 Å². The molecule has 1 aliphatic heterocycles. The van der Waals surface area contributed by atoms with Crippen LogP contribution in [0.3, 0.4) is 0 Å². The monoisotopic (exact) mass is 297 g/mol. The summed E-state index contributed by atoms with van der Waals surface area (Å²) in [7, 11) is 0. The van der Waals surface area contributed by atoms with Gasteiger partial charge in [0.25, 0.3) is 0 Å². The summed E-state index contributed by atoms with van der Waals surface area (Å²) in [4.78, 5) is 12.9. The first kappa shape index (κ1) is 15.9. The van der Waals surface area contributed by atoms with E-state index in [1.54, 1.807) is 0 Å². The molecule has 1 heterocycles. The molecule has 1 saturated heterocycles. The fraction of sp³-hybridized carbons (Fsp3) is 0.562. The largest absolute Gasteiger partial charge is 0.481 e. The zero-order chi connectivity index (χ0) is 15.4. The SMILES string of the molecule is CC(c1cc(F)ccc1F)N1CCCCC1CCC(=O)O. The standard InChI is InChI=1S/C16H21F2NO2/c1-11(14-10-12(17)5-7-15(14)18)19-9-3-2-4-13(19)6-8-16(20)21/h5,7,10-11,13H,2-4,6,8-9H2,1H3,(H,20,21). The molecule has 1 aliphatic rings. The van der Waals surface area contributed by atoms with Crippen LogP contribution in [0.15, 0.2) is 18.2 Å². The number of halogens is 2. The first-order valence-corrected chi connectivity index (χ1v) is 7.41. The van der Waals surface area contributed by atoms with Crippen LogP contribution >= 0.6 is 0 Å². The first-order valence-electron chi connectivity index (χ1n) is 7.41. The van der Waals surface area contributed by atoms with E-state index in [-0.39, 0.29) is 18.5 Å². The molecular formula is C16H21F2NO2. The molecule has 1 N–H and O–H groups in total. The van der Waals surface area contributed by atoms with E-state index in [1.807, 2.05) is 6.92 Å². The molecule has 1 aromatic rings. The Morgan fingerprint density at radius 3 is 2.90 bits per heavy atom. The maximum absolute atomic E-state index is 13.9. The number of carboxylic acids is 1. The molecule has 0 aromatic heterocycles. The zero-order valence-corrected chi connectivity index (χ0v) is 12.2. The number of carboxylic acid groups (broad SMARTS) is 1. The van der Waals surface area contributed by atoms with Gasteiger partial charge in [-0.05, 0) is 50.9 Å². The molecule has 0 aliphatic carbocycles. The van der Waals surface area contributed by atoms with Crippen LogP contribution in [0.25, 0.3) is 0 Å². The molecule has 3 nitrogen and oxygen atoms in total. The Labute approximate surface area is 123 Å². The Bertz CT molecular complexity index is 507. The van der Waals surface area contributed by atoms with Crippen molar-refractivity contribution in [3.63, 3.8) is 0 Å². The van der Waals surface area contributed by atoms with E-state index in [9.17, 15) is 13.6 Å². The molecule has 2 atom stereocenters. The lowest BCUT2D eigenvalue weighted by molar-refractivity contribution is -0.137. The van der Waals surface area contributed by atoms with Crippen molar-refractivity contribution in [2.24, 2.45) is 0 Å². The van der Waals surface area contributed by atoms with E-state index < -0.39 is 17.6 Å². The van der Waals surface area contributed by atoms with Crippen LogP contribution < -0.4 is 0 Å². The third kappa shape index (κ3) is 4.00. The highest BCUT2D eigenvalue weighted by Gasteiger charge is 2.29. The van der Waals surface area contributed by atoms with Gasteiger partial charge in [-0.3, -0.25) is 9.69 Å². The third-order valence-corrected chi connectivity index (χ3v) is 4.27. The van der Waals surface area contributed by atoms with Gasteiger partial charge in [-0.2, -0.15) is 0 Å². The van der Waals surface area contributed by atoms with Gasteiger partial charge in [-0.1, -0.05) is 6.42 Å². The minimum Gasteiger partial charge on any atom is -0.481 e. The van der Waals surface area contributed by atoms with Crippen LogP contribution in [0.4, 0.5) is 8.78 Å². The lowest BCUT2D eigenvalue weighted by atomic mass is 9.94. The van der Waals surface area contributed by atoms with Crippen molar-refractivity contribution in [1.29, 1.82) is 0 Å². The van der Waals surface area contributed by atoms with Crippen LogP contribution in [0.2, 0.25) is 0 Å². The topological polar surface area (TPSA) is 40.5 Å². The van der Waals surface area contributed by atoms with Gasteiger partial charge in [0.1, 0.15) is 11.6 Å². The number of hydrogen-bond acceptors (Lipinski definition) is 2. The summed E-state index contributed by atoms with van der Waals surface area (Å²) in [5, 5.41) is 8.84. The maximum Gasteiger partial charge on any atom is 0.303 e. The van der Waals surface area contributed by atoms with E-state index >= 15 is 0 Å². The Kier molecular flexibility index (Phi) is 5.28. The van der Waals surface area contributed by atoms with Crippen molar-refractivity contribution in [3.8, 4) is 0 Å². The molecule has 116 valence electrons. The van der Waals surface area contributed by atoms with Gasteiger partial charge in [0.2, 0.25) is 0 Å². The molecular weight excluding hydrogens is 276 g/mol. The highest BCUT2D eigenvalue weighted by molar-refractivity contribution is 5.66. The number of likely N-dealkylation sites (tertiary alicyclic amines) is 1. The summed E-state index contributed by atoms with van der Waals surface area (Å²) < 4.78 is 27.3. The Balaban J connectivity index is 2.15. The van der Waals surface area contributed by atoms with Gasteiger partial charge < -0.3 is 5.11 Å². The number of nitrogens with zero attached hydrogens (tertiary/aromatic N) is 1. The normalized spacial score (nSPS) is 21.2. The van der Waals surface area contributed by atoms with Crippen LogP contribution in [-0.2, 0) is 4.79 Å². The minimum atomic E-state index is -0.815. The number of aliphatic carboxylic acids is 1. The second kappa shape index (κ2) is 6.98. The van der Waals surface area contributed by atoms with E-state index in [1.165, 1.54) is 6.07 Å². The van der Waals surface area contributed by atoms with Crippen LogP contribution in [0.5, 0.6) is 0 Å². The van der Waals surface area contributed by atoms with Crippen molar-refractivity contribution in [2.45, 2.75) is 51.1 Å². The molecule has 1 fully saturated rings. The molecule has 21 heavy (non-hydrogen) atoms. The minimum absolute atomic E-state index is 0.111. The Morgan fingerprint density at radius 1 is 1.43 bits per heavy atom. The van der Waals surface area contributed by atoms with E-state index in [0.29, 0.717) is 12.0 Å². The molecule has 0 bridgehead atoms. The highest BCUT2D eigenvalue weighted by Crippen LogP contribution is 2.31. The van der Waals surface area contributed by atoms with Crippen molar-refractivity contribution in [3.05, 3.63) is 35.4 Å². The van der Waals surface area contributed by atoms with Crippen molar-refractivity contribution in [2.75, 3.05) is 6.54 Å². The summed E-state index contributed by atoms with van der Waals surface area (Å²) in [6, 6.07) is 3.37. The maximum atomic E-state index is 13.9. The fourth-order valence-corrected chi connectivity index (χ4v) is 3.15.